The number of hydrogen-bond donors (Lipinski definition) is 0. The fourth-order valence-electron chi connectivity index (χ4n) is 0.811. The molecule has 0 N–H and O–H groups in total. The first-order valence-electron chi connectivity index (χ1n) is 3.40. The van der Waals surface area contributed by atoms with Gasteiger partial charge in [-0.15, -0.1) is 0 Å². The second-order valence-electron chi connectivity index (χ2n) is 2.10. The average molecular weight is 185 g/mol. The van der Waals surface area contributed by atoms with Crippen molar-refractivity contribution in [1.82, 2.24) is 4.98 Å². The first-order chi connectivity index (χ1) is 5.79. The predicted molar refractivity (Wildman–Crippen MR) is 49.3 cm³/mol. The van der Waals surface area contributed by atoms with Crippen LogP contribution in [0.25, 0.3) is 0 Å². The van der Waals surface area contributed by atoms with Crippen molar-refractivity contribution < 1.29 is 4.74 Å². The smallest absolute Gasteiger partial charge is 0.141 e. The number of pyridine rings is 1. The minimum absolute atomic E-state index is 0.491. The van der Waals surface area contributed by atoms with Crippen LogP contribution >= 0.6 is 11.6 Å². The van der Waals surface area contributed by atoms with Crippen molar-refractivity contribution in [2.45, 2.75) is 0 Å². The molecule has 0 radical (unpaired) electrons. The summed E-state index contributed by atoms with van der Waals surface area (Å²) < 4.78 is 5.00. The van der Waals surface area contributed by atoms with E-state index in [1.807, 2.05) is 0 Å². The van der Waals surface area contributed by atoms with Gasteiger partial charge in [-0.1, -0.05) is 11.6 Å². The summed E-state index contributed by atoms with van der Waals surface area (Å²) in [4.78, 5) is 7.83. The van der Waals surface area contributed by atoms with E-state index in [9.17, 15) is 0 Å². The first-order valence-corrected chi connectivity index (χ1v) is 3.78. The van der Waals surface area contributed by atoms with Crippen LogP contribution in [0, 0.1) is 0 Å². The van der Waals surface area contributed by atoms with Gasteiger partial charge in [0.2, 0.25) is 0 Å². The van der Waals surface area contributed by atoms with E-state index in [-0.39, 0.29) is 0 Å². The molecule has 0 atom stereocenters. The molecule has 0 aliphatic carbocycles. The van der Waals surface area contributed by atoms with Crippen LogP contribution < -0.4 is 4.74 Å². The van der Waals surface area contributed by atoms with Gasteiger partial charge in [0.15, 0.2) is 0 Å². The summed E-state index contributed by atoms with van der Waals surface area (Å²) in [5, 5.41) is 0.491. The monoisotopic (exact) mass is 184 g/mol. The SMILES string of the molecule is C/N=C/c1nccc(OC)c1Cl. The number of aromatic nitrogens is 1. The van der Waals surface area contributed by atoms with Crippen molar-refractivity contribution >= 4 is 17.8 Å². The van der Waals surface area contributed by atoms with Crippen LogP contribution in [0.4, 0.5) is 0 Å². The zero-order chi connectivity index (χ0) is 8.97. The number of aliphatic imine (C=N–C) groups is 1. The molecule has 12 heavy (non-hydrogen) atoms. The van der Waals surface area contributed by atoms with Gasteiger partial charge >= 0.3 is 0 Å². The topological polar surface area (TPSA) is 34.5 Å². The van der Waals surface area contributed by atoms with Crippen molar-refractivity contribution in [1.29, 1.82) is 0 Å². The molecule has 0 saturated carbocycles. The molecule has 1 heterocycles. The second-order valence-corrected chi connectivity index (χ2v) is 2.48. The van der Waals surface area contributed by atoms with Gasteiger partial charge in [0.1, 0.15) is 16.5 Å². The summed E-state index contributed by atoms with van der Waals surface area (Å²) in [6.07, 6.45) is 3.21. The van der Waals surface area contributed by atoms with Gasteiger partial charge in [-0.05, 0) is 0 Å². The van der Waals surface area contributed by atoms with Gasteiger partial charge in [-0.2, -0.15) is 0 Å². The lowest BCUT2D eigenvalue weighted by Crippen LogP contribution is -1.92. The molecule has 1 aromatic rings. The van der Waals surface area contributed by atoms with Gasteiger partial charge in [0.05, 0.1) is 7.11 Å². The number of methoxy groups -OCH3 is 1. The number of ether oxygens (including phenoxy) is 1. The maximum Gasteiger partial charge on any atom is 0.141 e. The third-order valence-electron chi connectivity index (χ3n) is 1.35. The number of halogens is 1. The van der Waals surface area contributed by atoms with Gasteiger partial charge in [-0.25, -0.2) is 0 Å². The fraction of sp³-hybridized carbons (Fsp3) is 0.250. The van der Waals surface area contributed by atoms with Crippen LogP contribution in [0.1, 0.15) is 5.69 Å². The Hall–Kier alpha value is -1.09. The summed E-state index contributed by atoms with van der Waals surface area (Å²) in [6, 6.07) is 1.70. The number of nitrogens with zero attached hydrogens (tertiary/aromatic N) is 2. The fourth-order valence-corrected chi connectivity index (χ4v) is 1.05. The van der Waals surface area contributed by atoms with Crippen LogP contribution in [-0.2, 0) is 0 Å². The average Bonchev–Trinajstić information content (AvgIpc) is 2.09. The van der Waals surface area contributed by atoms with E-state index in [0.717, 1.165) is 0 Å². The highest BCUT2D eigenvalue weighted by Gasteiger charge is 2.04. The highest BCUT2D eigenvalue weighted by molar-refractivity contribution is 6.34. The summed E-state index contributed by atoms with van der Waals surface area (Å²) in [5.74, 6) is 0.613. The van der Waals surface area contributed by atoms with E-state index in [2.05, 4.69) is 9.98 Å². The summed E-state index contributed by atoms with van der Waals surface area (Å²) >= 11 is 5.91. The highest BCUT2D eigenvalue weighted by atomic mass is 35.5. The normalized spacial score (nSPS) is 10.6. The van der Waals surface area contributed by atoms with Gasteiger partial charge in [0, 0.05) is 25.5 Å². The van der Waals surface area contributed by atoms with Crippen molar-refractivity contribution in [2.24, 2.45) is 4.99 Å². The Morgan fingerprint density at radius 2 is 2.42 bits per heavy atom. The molecule has 0 bridgehead atoms. The van der Waals surface area contributed by atoms with Gasteiger partial charge < -0.3 is 4.74 Å². The minimum atomic E-state index is 0.491. The molecule has 0 saturated heterocycles. The molecule has 0 aliphatic rings. The maximum absolute atomic E-state index is 5.91. The lowest BCUT2D eigenvalue weighted by Gasteiger charge is -2.02. The summed E-state index contributed by atoms with van der Waals surface area (Å²) in [6.45, 7) is 0. The molecule has 0 unspecified atom stereocenters. The lowest BCUT2D eigenvalue weighted by atomic mass is 10.3. The number of hydrogen-bond acceptors (Lipinski definition) is 3. The zero-order valence-corrected chi connectivity index (χ0v) is 7.67. The molecule has 4 heteroatoms. The number of rotatable bonds is 2. The molecule has 0 fully saturated rings. The third-order valence-corrected chi connectivity index (χ3v) is 1.73. The zero-order valence-electron chi connectivity index (χ0n) is 6.91. The van der Waals surface area contributed by atoms with Crippen molar-refractivity contribution in [3.63, 3.8) is 0 Å². The van der Waals surface area contributed by atoms with E-state index >= 15 is 0 Å². The molecule has 0 aliphatic heterocycles. The first kappa shape index (κ1) is 9.00. The summed E-state index contributed by atoms with van der Waals surface area (Å²) in [7, 11) is 3.23. The standard InChI is InChI=1S/C8H9ClN2O/c1-10-5-6-8(9)7(12-2)3-4-11-6/h3-5H,1-2H3/b10-5+. The maximum atomic E-state index is 5.91. The van der Waals surface area contributed by atoms with Crippen LogP contribution in [0.5, 0.6) is 5.75 Å². The van der Waals surface area contributed by atoms with Gasteiger partial charge in [-0.3, -0.25) is 9.98 Å². The molecule has 64 valence electrons. The second kappa shape index (κ2) is 4.07. The van der Waals surface area contributed by atoms with E-state index < -0.39 is 0 Å². The predicted octanol–water partition coefficient (Wildman–Crippen LogP) is 1.79. The molecule has 0 spiro atoms. The van der Waals surface area contributed by atoms with Crippen LogP contribution in [0.3, 0.4) is 0 Å². The van der Waals surface area contributed by atoms with E-state index in [1.54, 1.807) is 32.6 Å². The molecular formula is C8H9ClN2O. The van der Waals surface area contributed by atoms with Crippen molar-refractivity contribution in [3.05, 3.63) is 23.0 Å². The third kappa shape index (κ3) is 1.74. The van der Waals surface area contributed by atoms with Crippen LogP contribution in [-0.4, -0.2) is 25.4 Å². The van der Waals surface area contributed by atoms with Gasteiger partial charge in [0.25, 0.3) is 0 Å². The molecule has 1 rings (SSSR count). The Labute approximate surface area is 76.1 Å². The van der Waals surface area contributed by atoms with E-state index in [1.165, 1.54) is 0 Å². The minimum Gasteiger partial charge on any atom is -0.495 e. The van der Waals surface area contributed by atoms with Crippen molar-refractivity contribution in [2.75, 3.05) is 14.2 Å². The summed E-state index contributed by atoms with van der Waals surface area (Å²) in [5.41, 5.74) is 0.624. The lowest BCUT2D eigenvalue weighted by molar-refractivity contribution is 0.414. The molecule has 0 amide bonds. The Kier molecular flexibility index (Phi) is 3.05. The highest BCUT2D eigenvalue weighted by Crippen LogP contribution is 2.24. The molecule has 3 nitrogen and oxygen atoms in total. The quantitative estimate of drug-likeness (QED) is 0.657. The largest absolute Gasteiger partial charge is 0.495 e. The Morgan fingerprint density at radius 1 is 1.67 bits per heavy atom. The molecule has 1 aromatic heterocycles. The Balaban J connectivity index is 3.13. The Bertz CT molecular complexity index is 299. The Morgan fingerprint density at radius 3 is 3.00 bits per heavy atom. The van der Waals surface area contributed by atoms with E-state index in [4.69, 9.17) is 16.3 Å². The molecule has 0 aromatic carbocycles. The van der Waals surface area contributed by atoms with E-state index in [0.29, 0.717) is 16.5 Å². The van der Waals surface area contributed by atoms with Crippen molar-refractivity contribution in [3.8, 4) is 5.75 Å². The van der Waals surface area contributed by atoms with Crippen LogP contribution in [0.2, 0.25) is 5.02 Å². The van der Waals surface area contributed by atoms with Crippen LogP contribution in [0.15, 0.2) is 17.3 Å². The molecular weight excluding hydrogens is 176 g/mol.